The van der Waals surface area contributed by atoms with Gasteiger partial charge in [0, 0.05) is 0 Å². The van der Waals surface area contributed by atoms with Crippen molar-refractivity contribution < 1.29 is 21.6 Å². The molecule has 0 bridgehead atoms. The van der Waals surface area contributed by atoms with Crippen LogP contribution in [0.15, 0.2) is 47.4 Å². The van der Waals surface area contributed by atoms with Crippen LogP contribution in [0.1, 0.15) is 18.1 Å². The normalized spacial score (nSPS) is 12.4. The van der Waals surface area contributed by atoms with E-state index in [1.165, 1.54) is 36.4 Å². The Morgan fingerprint density at radius 2 is 1.59 bits per heavy atom. The second-order valence-corrected chi connectivity index (χ2v) is 6.25. The number of primary sulfonamides is 1. The lowest BCUT2D eigenvalue weighted by atomic mass is 9.94. The molecule has 0 radical (unpaired) electrons. The van der Waals surface area contributed by atoms with Crippen molar-refractivity contribution in [1.82, 2.24) is 0 Å². The van der Waals surface area contributed by atoms with Crippen molar-refractivity contribution >= 4 is 10.0 Å². The van der Waals surface area contributed by atoms with Crippen LogP contribution in [0.25, 0.3) is 11.1 Å². The molecular weight excluding hydrogens is 315 g/mol. The summed E-state index contributed by atoms with van der Waals surface area (Å²) in [5, 5.41) is 5.15. The monoisotopic (exact) mass is 329 g/mol. The zero-order valence-corrected chi connectivity index (χ0v) is 12.5. The molecule has 0 aliphatic heterocycles. The van der Waals surface area contributed by atoms with E-state index in [1.54, 1.807) is 6.92 Å². The minimum atomic E-state index is -4.53. The highest BCUT2D eigenvalue weighted by Crippen LogP contribution is 2.39. The van der Waals surface area contributed by atoms with Crippen LogP contribution in [0.2, 0.25) is 0 Å². The summed E-state index contributed by atoms with van der Waals surface area (Å²) in [4.78, 5) is -0.149. The molecule has 118 valence electrons. The van der Waals surface area contributed by atoms with Gasteiger partial charge in [0.2, 0.25) is 10.0 Å². The van der Waals surface area contributed by atoms with E-state index in [4.69, 9.17) is 5.14 Å². The summed E-state index contributed by atoms with van der Waals surface area (Å²) >= 11 is 0. The third-order valence-electron chi connectivity index (χ3n) is 3.32. The topological polar surface area (TPSA) is 60.2 Å². The maximum Gasteiger partial charge on any atom is 0.417 e. The van der Waals surface area contributed by atoms with Gasteiger partial charge in [-0.15, -0.1) is 0 Å². The van der Waals surface area contributed by atoms with E-state index in [2.05, 4.69) is 0 Å². The van der Waals surface area contributed by atoms with Crippen LogP contribution in [0.5, 0.6) is 0 Å². The molecule has 0 heterocycles. The molecule has 0 amide bonds. The first-order valence-electron chi connectivity index (χ1n) is 6.47. The van der Waals surface area contributed by atoms with Gasteiger partial charge in [-0.3, -0.25) is 0 Å². The Morgan fingerprint density at radius 1 is 1.00 bits per heavy atom. The van der Waals surface area contributed by atoms with Gasteiger partial charge in [-0.25, -0.2) is 13.6 Å². The standard InChI is InChI=1S/C15H14F3NO2S/c1-2-10-11(7-5-9-14(10)22(19,20)21)12-6-3-4-8-13(12)15(16,17)18/h3-9H,2H2,1H3,(H2,19,20,21). The molecule has 2 N–H and O–H groups in total. The van der Waals surface area contributed by atoms with Crippen LogP contribution in [0.4, 0.5) is 13.2 Å². The van der Waals surface area contributed by atoms with Crippen molar-refractivity contribution in [2.45, 2.75) is 24.4 Å². The second kappa shape index (κ2) is 5.73. The number of sulfonamides is 1. The molecule has 2 aromatic rings. The molecule has 0 aromatic heterocycles. The molecule has 2 rings (SSSR count). The van der Waals surface area contributed by atoms with Gasteiger partial charge in [-0.1, -0.05) is 37.3 Å². The Balaban J connectivity index is 2.81. The molecule has 0 aliphatic carbocycles. The first-order valence-corrected chi connectivity index (χ1v) is 8.02. The lowest BCUT2D eigenvalue weighted by molar-refractivity contribution is -0.137. The molecule has 0 saturated carbocycles. The van der Waals surface area contributed by atoms with Crippen LogP contribution in [-0.2, 0) is 22.6 Å². The summed E-state index contributed by atoms with van der Waals surface area (Å²) < 4.78 is 62.8. The van der Waals surface area contributed by atoms with Crippen molar-refractivity contribution in [3.63, 3.8) is 0 Å². The third-order valence-corrected chi connectivity index (χ3v) is 4.31. The lowest BCUT2D eigenvalue weighted by Gasteiger charge is -2.17. The zero-order chi connectivity index (χ0) is 16.5. The highest BCUT2D eigenvalue weighted by atomic mass is 32.2. The highest BCUT2D eigenvalue weighted by molar-refractivity contribution is 7.89. The molecule has 0 saturated heterocycles. The van der Waals surface area contributed by atoms with Crippen LogP contribution in [0, 0.1) is 0 Å². The highest BCUT2D eigenvalue weighted by Gasteiger charge is 2.34. The number of alkyl halides is 3. The fraction of sp³-hybridized carbons (Fsp3) is 0.200. The van der Waals surface area contributed by atoms with Crippen LogP contribution >= 0.6 is 0 Å². The molecular formula is C15H14F3NO2S. The number of benzene rings is 2. The van der Waals surface area contributed by atoms with Crippen LogP contribution in [-0.4, -0.2) is 8.42 Å². The van der Waals surface area contributed by atoms with E-state index >= 15 is 0 Å². The van der Waals surface area contributed by atoms with Crippen LogP contribution < -0.4 is 5.14 Å². The predicted octanol–water partition coefficient (Wildman–Crippen LogP) is 3.58. The number of halogens is 3. The number of hydrogen-bond donors (Lipinski definition) is 1. The largest absolute Gasteiger partial charge is 0.417 e. The summed E-state index contributed by atoms with van der Waals surface area (Å²) in [7, 11) is -4.01. The maximum atomic E-state index is 13.2. The molecule has 0 spiro atoms. The van der Waals surface area contributed by atoms with Crippen molar-refractivity contribution in [3.8, 4) is 11.1 Å². The maximum absolute atomic E-state index is 13.2. The van der Waals surface area contributed by atoms with Crippen LogP contribution in [0.3, 0.4) is 0 Å². The Labute approximate surface area is 126 Å². The van der Waals surface area contributed by atoms with Gasteiger partial charge < -0.3 is 0 Å². The third kappa shape index (κ3) is 3.15. The van der Waals surface area contributed by atoms with Gasteiger partial charge >= 0.3 is 6.18 Å². The summed E-state index contributed by atoms with van der Waals surface area (Å²) in [6, 6.07) is 9.23. The van der Waals surface area contributed by atoms with E-state index in [1.807, 2.05) is 0 Å². The molecule has 22 heavy (non-hydrogen) atoms. The second-order valence-electron chi connectivity index (χ2n) is 4.72. The minimum Gasteiger partial charge on any atom is -0.225 e. The molecule has 0 atom stereocenters. The Hall–Kier alpha value is -1.86. The molecule has 0 aliphatic rings. The van der Waals surface area contributed by atoms with E-state index in [0.29, 0.717) is 0 Å². The van der Waals surface area contributed by atoms with Gasteiger partial charge in [0.25, 0.3) is 0 Å². The van der Waals surface area contributed by atoms with Gasteiger partial charge in [0.05, 0.1) is 10.5 Å². The molecule has 3 nitrogen and oxygen atoms in total. The summed E-state index contributed by atoms with van der Waals surface area (Å²) in [6.45, 7) is 1.67. The van der Waals surface area contributed by atoms with E-state index in [9.17, 15) is 21.6 Å². The van der Waals surface area contributed by atoms with Gasteiger partial charge in [-0.05, 0) is 35.2 Å². The first kappa shape index (κ1) is 16.5. The Kier molecular flexibility index (Phi) is 4.30. The number of nitrogens with two attached hydrogens (primary N) is 1. The SMILES string of the molecule is CCc1c(-c2ccccc2C(F)(F)F)cccc1S(N)(=O)=O. The van der Waals surface area contributed by atoms with E-state index in [-0.39, 0.29) is 28.0 Å². The lowest BCUT2D eigenvalue weighted by Crippen LogP contribution is -2.15. The molecule has 2 aromatic carbocycles. The molecule has 0 unspecified atom stereocenters. The van der Waals surface area contributed by atoms with Gasteiger partial charge in [0.1, 0.15) is 0 Å². The Bertz CT molecular complexity index is 799. The smallest absolute Gasteiger partial charge is 0.225 e. The molecule has 7 heteroatoms. The summed E-state index contributed by atoms with van der Waals surface area (Å²) in [5.41, 5.74) is -0.364. The predicted molar refractivity (Wildman–Crippen MR) is 77.6 cm³/mol. The van der Waals surface area contributed by atoms with Gasteiger partial charge in [-0.2, -0.15) is 13.2 Å². The fourth-order valence-corrected chi connectivity index (χ4v) is 3.28. The average Bonchev–Trinajstić information content (AvgIpc) is 2.44. The fourth-order valence-electron chi connectivity index (χ4n) is 2.41. The van der Waals surface area contributed by atoms with Crippen molar-refractivity contribution in [1.29, 1.82) is 0 Å². The van der Waals surface area contributed by atoms with Crippen molar-refractivity contribution in [3.05, 3.63) is 53.6 Å². The summed E-state index contributed by atoms with van der Waals surface area (Å²) in [6.07, 6.45) is -4.28. The van der Waals surface area contributed by atoms with E-state index < -0.39 is 21.8 Å². The van der Waals surface area contributed by atoms with Crippen molar-refractivity contribution in [2.75, 3.05) is 0 Å². The quantitative estimate of drug-likeness (QED) is 0.935. The molecule has 0 fully saturated rings. The Morgan fingerprint density at radius 3 is 2.14 bits per heavy atom. The number of rotatable bonds is 3. The summed E-state index contributed by atoms with van der Waals surface area (Å²) in [5.74, 6) is 0. The van der Waals surface area contributed by atoms with Gasteiger partial charge in [0.15, 0.2) is 0 Å². The average molecular weight is 329 g/mol. The number of hydrogen-bond acceptors (Lipinski definition) is 2. The minimum absolute atomic E-state index is 0.0580. The van der Waals surface area contributed by atoms with E-state index in [0.717, 1.165) is 6.07 Å². The first-order chi connectivity index (χ1) is 10.2. The zero-order valence-electron chi connectivity index (χ0n) is 11.7. The van der Waals surface area contributed by atoms with Crippen molar-refractivity contribution in [2.24, 2.45) is 5.14 Å².